The molecule has 0 aliphatic heterocycles. The number of fused-ring (bicyclic) bond motifs is 6. The monoisotopic (exact) mass is 866 g/mol. The molecule has 0 fully saturated rings. The fourth-order valence-corrected chi connectivity index (χ4v) is 10.0. The highest BCUT2D eigenvalue weighted by Crippen LogP contribution is 2.40. The Hall–Kier alpha value is -9.12. The van der Waals surface area contributed by atoms with E-state index in [1.807, 2.05) is 18.2 Å². The Morgan fingerprint density at radius 3 is 1.18 bits per heavy atom. The molecule has 10 aromatic carbocycles. The van der Waals surface area contributed by atoms with Gasteiger partial charge in [-0.25, -0.2) is 9.97 Å². The van der Waals surface area contributed by atoms with Crippen LogP contribution in [0.5, 0.6) is 0 Å². The first-order valence-corrected chi connectivity index (χ1v) is 23.1. The Morgan fingerprint density at radius 1 is 0.221 bits per heavy atom. The van der Waals surface area contributed by atoms with Crippen LogP contribution in [-0.4, -0.2) is 19.1 Å². The van der Waals surface area contributed by atoms with Crippen LogP contribution in [0, 0.1) is 0 Å². The summed E-state index contributed by atoms with van der Waals surface area (Å²) in [4.78, 5) is 10.3. The maximum absolute atomic E-state index is 5.18. The molecule has 13 rings (SSSR count). The summed E-state index contributed by atoms with van der Waals surface area (Å²) in [6.07, 6.45) is 0. The third kappa shape index (κ3) is 6.86. The molecule has 0 saturated carbocycles. The van der Waals surface area contributed by atoms with E-state index in [0.29, 0.717) is 5.82 Å². The molecule has 68 heavy (non-hydrogen) atoms. The van der Waals surface area contributed by atoms with E-state index in [-0.39, 0.29) is 0 Å². The van der Waals surface area contributed by atoms with Crippen molar-refractivity contribution in [2.75, 3.05) is 0 Å². The second-order valence-corrected chi connectivity index (χ2v) is 17.4. The van der Waals surface area contributed by atoms with Crippen molar-refractivity contribution in [1.82, 2.24) is 19.1 Å². The lowest BCUT2D eigenvalue weighted by atomic mass is 9.99. The lowest BCUT2D eigenvalue weighted by Crippen LogP contribution is -1.97. The summed E-state index contributed by atoms with van der Waals surface area (Å²) >= 11 is 0. The number of benzene rings is 10. The van der Waals surface area contributed by atoms with E-state index in [9.17, 15) is 0 Å². The van der Waals surface area contributed by atoms with Crippen LogP contribution < -0.4 is 0 Å². The number of hydrogen-bond donors (Lipinski definition) is 0. The van der Waals surface area contributed by atoms with Gasteiger partial charge in [0.1, 0.15) is 0 Å². The molecule has 4 heteroatoms. The molecule has 13 aromatic rings. The number of aromatic nitrogens is 4. The highest BCUT2D eigenvalue weighted by molar-refractivity contribution is 6.13. The van der Waals surface area contributed by atoms with Crippen molar-refractivity contribution < 1.29 is 0 Å². The van der Waals surface area contributed by atoms with Gasteiger partial charge in [-0.05, 0) is 112 Å². The summed E-state index contributed by atoms with van der Waals surface area (Å²) in [6.45, 7) is 0. The first-order valence-electron chi connectivity index (χ1n) is 23.1. The van der Waals surface area contributed by atoms with Gasteiger partial charge in [0, 0.05) is 49.6 Å². The first-order chi connectivity index (χ1) is 33.7. The standard InChI is InChI=1S/C64H42N4/c1-5-16-43(17-6-1)47-22-15-23-51(38-47)59-42-58(65-64(66-59)46-20-9-3-10-21-46)45-28-33-53(34-29-45)68-62-35-30-48(44-18-7-2-8-19-44)39-56(62)57-41-50(32-37-63(57)68)49-31-36-61-55(40-49)54-26-13-14-27-60(54)67(61)52-24-11-4-12-25-52/h1-42H. The molecule has 318 valence electrons. The van der Waals surface area contributed by atoms with Crippen LogP contribution in [0.2, 0.25) is 0 Å². The predicted molar refractivity (Wildman–Crippen MR) is 283 cm³/mol. The van der Waals surface area contributed by atoms with Gasteiger partial charge in [-0.1, -0.05) is 176 Å². The van der Waals surface area contributed by atoms with Crippen molar-refractivity contribution in [2.24, 2.45) is 0 Å². The Morgan fingerprint density at radius 2 is 0.603 bits per heavy atom. The Balaban J connectivity index is 0.936. The zero-order valence-corrected chi connectivity index (χ0v) is 37.0. The Kier molecular flexibility index (Phi) is 9.47. The minimum atomic E-state index is 0.695. The number of rotatable bonds is 8. The molecule has 0 aliphatic rings. The Bertz CT molecular complexity index is 3980. The van der Waals surface area contributed by atoms with Crippen LogP contribution in [0.4, 0.5) is 0 Å². The smallest absolute Gasteiger partial charge is 0.160 e. The van der Waals surface area contributed by atoms with E-state index in [0.717, 1.165) is 56.0 Å². The predicted octanol–water partition coefficient (Wildman–Crippen LogP) is 16.7. The molecule has 4 nitrogen and oxygen atoms in total. The van der Waals surface area contributed by atoms with E-state index >= 15 is 0 Å². The lowest BCUT2D eigenvalue weighted by molar-refractivity contribution is 1.17. The maximum Gasteiger partial charge on any atom is 0.160 e. The normalized spacial score (nSPS) is 11.5. The molecule has 3 heterocycles. The average molecular weight is 867 g/mol. The van der Waals surface area contributed by atoms with Crippen molar-refractivity contribution >= 4 is 43.6 Å². The molecule has 0 atom stereocenters. The van der Waals surface area contributed by atoms with Gasteiger partial charge in [-0.2, -0.15) is 0 Å². The average Bonchev–Trinajstić information content (AvgIpc) is 3.93. The van der Waals surface area contributed by atoms with Gasteiger partial charge in [-0.15, -0.1) is 0 Å². The van der Waals surface area contributed by atoms with E-state index in [4.69, 9.17) is 9.97 Å². The second-order valence-electron chi connectivity index (χ2n) is 17.4. The van der Waals surface area contributed by atoms with Crippen LogP contribution in [0.3, 0.4) is 0 Å². The summed E-state index contributed by atoms with van der Waals surface area (Å²) in [5.74, 6) is 0.695. The molecule has 0 radical (unpaired) electrons. The third-order valence-corrected chi connectivity index (χ3v) is 13.3. The summed E-state index contributed by atoms with van der Waals surface area (Å²) in [5.41, 5.74) is 18.8. The minimum absolute atomic E-state index is 0.695. The van der Waals surface area contributed by atoms with Gasteiger partial charge >= 0.3 is 0 Å². The van der Waals surface area contributed by atoms with E-state index in [1.165, 1.54) is 60.4 Å². The van der Waals surface area contributed by atoms with Crippen molar-refractivity contribution in [1.29, 1.82) is 0 Å². The minimum Gasteiger partial charge on any atom is -0.309 e. The van der Waals surface area contributed by atoms with Gasteiger partial charge in [-0.3, -0.25) is 0 Å². The first kappa shape index (κ1) is 39.3. The summed E-state index contributed by atoms with van der Waals surface area (Å²) in [7, 11) is 0. The van der Waals surface area contributed by atoms with Crippen molar-refractivity contribution in [3.8, 4) is 78.7 Å². The SMILES string of the molecule is c1ccc(-c2cccc(-c3cc(-c4ccc(-n5c6ccc(-c7ccccc7)cc6c6cc(-c7ccc8c(c7)c7ccccc7n8-c7ccccc7)ccc65)cc4)nc(-c4ccccc4)n3)c2)cc1. The molecule has 0 spiro atoms. The van der Waals surface area contributed by atoms with Crippen molar-refractivity contribution in [2.45, 2.75) is 0 Å². The number of para-hydroxylation sites is 2. The van der Waals surface area contributed by atoms with Gasteiger partial charge in [0.25, 0.3) is 0 Å². The summed E-state index contributed by atoms with van der Waals surface area (Å²) in [5, 5.41) is 4.90. The highest BCUT2D eigenvalue weighted by atomic mass is 15.0. The second kappa shape index (κ2) is 16.4. The fourth-order valence-electron chi connectivity index (χ4n) is 10.0. The molecule has 0 bridgehead atoms. The van der Waals surface area contributed by atoms with E-state index in [1.54, 1.807) is 0 Å². The van der Waals surface area contributed by atoms with Crippen LogP contribution in [0.1, 0.15) is 0 Å². The van der Waals surface area contributed by atoms with Crippen LogP contribution >= 0.6 is 0 Å². The molecular formula is C64H42N4. The highest BCUT2D eigenvalue weighted by Gasteiger charge is 2.18. The van der Waals surface area contributed by atoms with E-state index < -0.39 is 0 Å². The van der Waals surface area contributed by atoms with Gasteiger partial charge in [0.05, 0.1) is 33.5 Å². The lowest BCUT2D eigenvalue weighted by Gasteiger charge is -2.12. The summed E-state index contributed by atoms with van der Waals surface area (Å²) < 4.78 is 4.78. The molecule has 0 saturated heterocycles. The van der Waals surface area contributed by atoms with Crippen LogP contribution in [0.25, 0.3) is 122 Å². The van der Waals surface area contributed by atoms with Gasteiger partial charge in [0.15, 0.2) is 5.82 Å². The fraction of sp³-hybridized carbons (Fsp3) is 0. The summed E-state index contributed by atoms with van der Waals surface area (Å²) in [6, 6.07) is 91.2. The molecule has 0 amide bonds. The number of hydrogen-bond acceptors (Lipinski definition) is 2. The van der Waals surface area contributed by atoms with Crippen LogP contribution in [-0.2, 0) is 0 Å². The molecule has 0 N–H and O–H groups in total. The third-order valence-electron chi connectivity index (χ3n) is 13.3. The van der Waals surface area contributed by atoms with Crippen LogP contribution in [0.15, 0.2) is 255 Å². The molecular weight excluding hydrogens is 825 g/mol. The zero-order valence-electron chi connectivity index (χ0n) is 37.0. The Labute approximate surface area is 394 Å². The van der Waals surface area contributed by atoms with Gasteiger partial charge in [0.2, 0.25) is 0 Å². The van der Waals surface area contributed by atoms with E-state index in [2.05, 4.69) is 246 Å². The topological polar surface area (TPSA) is 35.6 Å². The molecule has 0 unspecified atom stereocenters. The zero-order chi connectivity index (χ0) is 45.0. The maximum atomic E-state index is 5.18. The van der Waals surface area contributed by atoms with Crippen molar-refractivity contribution in [3.63, 3.8) is 0 Å². The molecule has 0 aliphatic carbocycles. The van der Waals surface area contributed by atoms with Gasteiger partial charge < -0.3 is 9.13 Å². The quantitative estimate of drug-likeness (QED) is 0.153. The molecule has 3 aromatic heterocycles. The van der Waals surface area contributed by atoms with Crippen molar-refractivity contribution in [3.05, 3.63) is 255 Å². The number of nitrogens with zero attached hydrogens (tertiary/aromatic N) is 4. The largest absolute Gasteiger partial charge is 0.309 e.